The van der Waals surface area contributed by atoms with E-state index >= 15 is 0 Å². The molecule has 257 valence electrons. The summed E-state index contributed by atoms with van der Waals surface area (Å²) < 4.78 is 3.41. The van der Waals surface area contributed by atoms with Crippen molar-refractivity contribution in [2.75, 3.05) is 0 Å². The molecule has 3 heterocycles. The standard InChI is InChI=1S/C32H80Si12.Li/c1-36(2,3)29(37(4,5)6)25-26-30(38(7,8)9,39(10,11)12)34(29)35-33-44(35)31(40(13,14)15,41(16,17)18)27-28-32(44,42(19,20)21)43(22,23)24;/h25-28H2,1-24H3;/q-1;+1. The van der Waals surface area contributed by atoms with Crippen molar-refractivity contribution in [2.24, 2.45) is 0 Å². The van der Waals surface area contributed by atoms with Gasteiger partial charge in [-0.05, 0) is 8.57 Å². The summed E-state index contributed by atoms with van der Waals surface area (Å²) in [7, 11) is -12.0. The Morgan fingerprint density at radius 1 is 0.378 bits per heavy atom. The Morgan fingerprint density at radius 3 is 0.778 bits per heavy atom. The van der Waals surface area contributed by atoms with Crippen LogP contribution in [0.5, 0.6) is 0 Å². The average molecular weight is 809 g/mol. The van der Waals surface area contributed by atoms with E-state index in [0.717, 1.165) is 17.1 Å². The van der Waals surface area contributed by atoms with Gasteiger partial charge in [0.15, 0.2) is 0 Å². The fourth-order valence-corrected chi connectivity index (χ4v) is 234. The average Bonchev–Trinajstić information content (AvgIpc) is 3.10. The van der Waals surface area contributed by atoms with Crippen LogP contribution in [0.3, 0.4) is 0 Å². The van der Waals surface area contributed by atoms with Gasteiger partial charge in [-0.25, -0.2) is 0 Å². The summed E-state index contributed by atoms with van der Waals surface area (Å²) in [6.45, 7) is 70.3. The Hall–Kier alpha value is 3.20. The van der Waals surface area contributed by atoms with E-state index in [1.54, 1.807) is 33.8 Å². The molecule has 2 saturated heterocycles. The molecule has 0 aromatic rings. The first-order valence-electron chi connectivity index (χ1n) is 18.4. The zero-order chi connectivity index (χ0) is 35.2. The van der Waals surface area contributed by atoms with Crippen LogP contribution in [0, 0.1) is 0 Å². The fourth-order valence-electron chi connectivity index (χ4n) is 14.8. The van der Waals surface area contributed by atoms with E-state index in [4.69, 9.17) is 0 Å². The van der Waals surface area contributed by atoms with Crippen molar-refractivity contribution in [3.63, 3.8) is 0 Å². The van der Waals surface area contributed by atoms with Gasteiger partial charge in [0, 0.05) is 72.9 Å². The molecule has 0 N–H and O–H groups in total. The first-order valence-corrected chi connectivity index (χ1v) is 56.4. The molecule has 3 aliphatic heterocycles. The maximum atomic E-state index is 2.95. The summed E-state index contributed by atoms with van der Waals surface area (Å²) in [5, 5.41) is 0. The van der Waals surface area contributed by atoms with Crippen LogP contribution in [0.4, 0.5) is 0 Å². The van der Waals surface area contributed by atoms with Gasteiger partial charge in [-0.3, -0.25) is 6.93 Å². The van der Waals surface area contributed by atoms with Crippen molar-refractivity contribution < 1.29 is 18.9 Å². The van der Waals surface area contributed by atoms with Gasteiger partial charge in [0.25, 0.3) is 0 Å². The van der Waals surface area contributed by atoms with Gasteiger partial charge >= 0.3 is 18.9 Å². The van der Waals surface area contributed by atoms with Gasteiger partial charge in [-0.15, -0.1) is 7.11 Å². The number of hydrogen-bond donors (Lipinski definition) is 0. The number of hydrogen-bond acceptors (Lipinski definition) is 0. The molecule has 0 unspecified atom stereocenters. The van der Waals surface area contributed by atoms with Crippen LogP contribution in [0.2, 0.25) is 174 Å². The topological polar surface area (TPSA) is 0 Å². The molecule has 0 amide bonds. The third kappa shape index (κ3) is 5.52. The van der Waals surface area contributed by atoms with E-state index in [-0.39, 0.29) is 25.8 Å². The normalized spacial score (nSPS) is 25.3. The van der Waals surface area contributed by atoms with Crippen molar-refractivity contribution in [1.29, 1.82) is 0 Å². The minimum absolute atomic E-state index is 0. The molecule has 0 aliphatic carbocycles. The third-order valence-electron chi connectivity index (χ3n) is 15.0. The van der Waals surface area contributed by atoms with Crippen LogP contribution in [0.15, 0.2) is 0 Å². The fraction of sp³-hybridized carbons (Fsp3) is 1.00. The van der Waals surface area contributed by atoms with Gasteiger partial charge in [-0.1, -0.05) is 191 Å². The molecule has 0 atom stereocenters. The maximum Gasteiger partial charge on any atom is 1.00 e. The molecule has 2 fully saturated rings. The molecule has 1 radical (unpaired) electrons. The molecule has 3 aliphatic rings. The van der Waals surface area contributed by atoms with Crippen LogP contribution in [0.25, 0.3) is 0 Å². The first-order chi connectivity index (χ1) is 18.9. The predicted molar refractivity (Wildman–Crippen MR) is 239 cm³/mol. The van der Waals surface area contributed by atoms with Crippen molar-refractivity contribution in [3.05, 3.63) is 0 Å². The molecule has 3 rings (SSSR count). The summed E-state index contributed by atoms with van der Waals surface area (Å²) in [5.41, 5.74) is 0. The van der Waals surface area contributed by atoms with E-state index in [1.807, 2.05) is 0 Å². The van der Waals surface area contributed by atoms with Gasteiger partial charge in [0.2, 0.25) is 0 Å². The smallest absolute Gasteiger partial charge is 0.468 e. The first kappa shape index (κ1) is 44.4. The third-order valence-corrected chi connectivity index (χ3v) is 132. The summed E-state index contributed by atoms with van der Waals surface area (Å²) in [5.74, 6) is 0. The van der Waals surface area contributed by atoms with Crippen LogP contribution >= 0.6 is 0 Å². The quantitative estimate of drug-likeness (QED) is 0.205. The number of rotatable bonds is 9. The SMILES string of the molecule is C[Si](C)(C)C1([Si](C)(C)C)CCC([Si](C)(C)C)([Si](C)(C)C)[Si]1[Si]1=[Si-][Si]12C([Si](C)(C)C)([Si](C)(C)C)CCC2([Si](C)(C)C)[Si](C)(C)C.[Li+]. The second-order valence-electron chi connectivity index (χ2n) is 24.2. The minimum atomic E-state index is -1.57. The zero-order valence-electron chi connectivity index (χ0n) is 35.8. The summed E-state index contributed by atoms with van der Waals surface area (Å²) >= 11 is 0. The van der Waals surface area contributed by atoms with E-state index < -0.39 is 80.0 Å². The predicted octanol–water partition coefficient (Wildman–Crippen LogP) is 8.87. The molecule has 0 nitrogen and oxygen atoms in total. The van der Waals surface area contributed by atoms with Crippen molar-refractivity contribution >= 4 is 95.1 Å². The minimum Gasteiger partial charge on any atom is -0.468 e. The molecule has 0 saturated carbocycles. The molecule has 0 bridgehead atoms. The van der Waals surface area contributed by atoms with Gasteiger partial charge in [-0.2, -0.15) is 0 Å². The van der Waals surface area contributed by atoms with Crippen molar-refractivity contribution in [1.82, 2.24) is 0 Å². The summed E-state index contributed by atoms with van der Waals surface area (Å²) in [4.78, 5) is 0. The van der Waals surface area contributed by atoms with Crippen molar-refractivity contribution in [3.8, 4) is 0 Å². The second-order valence-corrected chi connectivity index (χ2v) is 99.2. The monoisotopic (exact) mass is 807 g/mol. The summed E-state index contributed by atoms with van der Waals surface area (Å²) in [6, 6.07) is 0. The summed E-state index contributed by atoms with van der Waals surface area (Å²) in [6.07, 6.45) is 6.78. The molecule has 0 aromatic heterocycles. The van der Waals surface area contributed by atoms with E-state index in [9.17, 15) is 0 Å². The van der Waals surface area contributed by atoms with E-state index in [1.165, 1.54) is 0 Å². The Labute approximate surface area is 311 Å². The van der Waals surface area contributed by atoms with Gasteiger partial charge in [0.05, 0.1) is 0 Å². The molecular formula is C32H80LiSi12. The van der Waals surface area contributed by atoms with Crippen LogP contribution in [-0.2, 0) is 0 Å². The maximum absolute atomic E-state index is 2.95. The Bertz CT molecular complexity index is 1030. The van der Waals surface area contributed by atoms with Crippen LogP contribution in [-0.4, -0.2) is 95.1 Å². The zero-order valence-corrected chi connectivity index (χ0v) is 47.8. The Balaban J connectivity index is 0.00000705. The molecule has 0 aromatic carbocycles. The molecular weight excluding hydrogens is 728 g/mol. The van der Waals surface area contributed by atoms with E-state index in [2.05, 4.69) is 157 Å². The molecule has 45 heavy (non-hydrogen) atoms. The van der Waals surface area contributed by atoms with Crippen LogP contribution < -0.4 is 18.9 Å². The largest absolute Gasteiger partial charge is 1.00 e. The van der Waals surface area contributed by atoms with Crippen LogP contribution in [0.1, 0.15) is 25.7 Å². The van der Waals surface area contributed by atoms with Crippen molar-refractivity contribution in [2.45, 2.75) is 200 Å². The Morgan fingerprint density at radius 2 is 0.600 bits per heavy atom. The molecule has 13 heteroatoms. The Kier molecular flexibility index (Phi) is 11.7. The molecule has 1 spiro atoms. The van der Waals surface area contributed by atoms with Gasteiger partial charge < -0.3 is 8.13 Å². The van der Waals surface area contributed by atoms with Gasteiger partial charge in [0.1, 0.15) is 0 Å². The van der Waals surface area contributed by atoms with E-state index in [0.29, 0.717) is 0 Å². The second kappa shape index (κ2) is 11.9.